The van der Waals surface area contributed by atoms with Gasteiger partial charge in [0.05, 0.1) is 6.54 Å². The molecule has 3 nitrogen and oxygen atoms in total. The van der Waals surface area contributed by atoms with Crippen LogP contribution in [0.1, 0.15) is 5.56 Å². The Kier molecular flexibility index (Phi) is 1.88. The Morgan fingerprint density at radius 2 is 2.31 bits per heavy atom. The van der Waals surface area contributed by atoms with Crippen LogP contribution in [0.2, 0.25) is 0 Å². The van der Waals surface area contributed by atoms with Gasteiger partial charge < -0.3 is 9.84 Å². The van der Waals surface area contributed by atoms with Crippen LogP contribution in [0.15, 0.2) is 23.2 Å². The molecule has 68 valence electrons. The normalized spacial score (nSPS) is 15.3. The van der Waals surface area contributed by atoms with Gasteiger partial charge in [-0.25, -0.2) is 9.38 Å². The lowest BCUT2D eigenvalue weighted by Crippen LogP contribution is -2.00. The van der Waals surface area contributed by atoms with Crippen molar-refractivity contribution in [1.82, 2.24) is 0 Å². The minimum absolute atomic E-state index is 0.379. The van der Waals surface area contributed by atoms with Crippen molar-refractivity contribution in [3.63, 3.8) is 0 Å². The molecule has 1 N–H and O–H groups in total. The van der Waals surface area contributed by atoms with Gasteiger partial charge in [-0.15, -0.1) is 0 Å². The topological polar surface area (TPSA) is 41.8 Å². The number of phenolic OH excluding ortho intramolecular Hbond substituents is 1. The molecule has 1 aliphatic rings. The predicted octanol–water partition coefficient (Wildman–Crippen LogP) is 1.31. The predicted molar refractivity (Wildman–Crippen MR) is 45.4 cm³/mol. The Balaban J connectivity index is 2.36. The second-order valence-corrected chi connectivity index (χ2v) is 2.70. The van der Waals surface area contributed by atoms with Gasteiger partial charge in [-0.1, -0.05) is 0 Å². The standard InChI is InChI=1S/C9H8FNO2/c10-7-2-1-6(5-8(7)12)9-11-3-4-13-9/h1-2,5,12H,3-4H2. The van der Waals surface area contributed by atoms with Gasteiger partial charge in [0.25, 0.3) is 0 Å². The van der Waals surface area contributed by atoms with Crippen LogP contribution in [-0.2, 0) is 4.74 Å². The second-order valence-electron chi connectivity index (χ2n) is 2.70. The highest BCUT2D eigenvalue weighted by Gasteiger charge is 2.11. The summed E-state index contributed by atoms with van der Waals surface area (Å²) in [6.45, 7) is 1.17. The van der Waals surface area contributed by atoms with Crippen molar-refractivity contribution in [2.75, 3.05) is 13.2 Å². The number of hydrogen-bond acceptors (Lipinski definition) is 3. The van der Waals surface area contributed by atoms with Gasteiger partial charge >= 0.3 is 0 Å². The molecular weight excluding hydrogens is 173 g/mol. The highest BCUT2D eigenvalue weighted by atomic mass is 19.1. The van der Waals surface area contributed by atoms with E-state index in [1.54, 1.807) is 0 Å². The van der Waals surface area contributed by atoms with Gasteiger partial charge in [0.1, 0.15) is 6.61 Å². The molecule has 0 aliphatic carbocycles. The number of ether oxygens (including phenoxy) is 1. The summed E-state index contributed by atoms with van der Waals surface area (Å²) < 4.78 is 17.8. The first-order valence-electron chi connectivity index (χ1n) is 3.93. The molecule has 1 aromatic carbocycles. The molecule has 1 heterocycles. The van der Waals surface area contributed by atoms with Crippen molar-refractivity contribution in [3.05, 3.63) is 29.6 Å². The van der Waals surface area contributed by atoms with E-state index >= 15 is 0 Å². The number of benzene rings is 1. The summed E-state index contributed by atoms with van der Waals surface area (Å²) in [6.07, 6.45) is 0. The number of rotatable bonds is 1. The van der Waals surface area contributed by atoms with E-state index in [1.807, 2.05) is 0 Å². The molecule has 4 heteroatoms. The van der Waals surface area contributed by atoms with Gasteiger partial charge in [-0.2, -0.15) is 0 Å². The average molecular weight is 181 g/mol. The first kappa shape index (κ1) is 8.04. The van der Waals surface area contributed by atoms with E-state index in [4.69, 9.17) is 9.84 Å². The molecule has 2 rings (SSSR count). The van der Waals surface area contributed by atoms with Crippen molar-refractivity contribution in [2.45, 2.75) is 0 Å². The van der Waals surface area contributed by atoms with Crippen molar-refractivity contribution < 1.29 is 14.2 Å². The summed E-state index contributed by atoms with van der Waals surface area (Å²) in [5.74, 6) is -0.548. The maximum absolute atomic E-state index is 12.7. The number of aliphatic imine (C=N–C) groups is 1. The van der Waals surface area contributed by atoms with Crippen LogP contribution >= 0.6 is 0 Å². The minimum atomic E-state index is -0.637. The van der Waals surface area contributed by atoms with Gasteiger partial charge in [0, 0.05) is 5.56 Å². The molecule has 13 heavy (non-hydrogen) atoms. The van der Waals surface area contributed by atoms with E-state index in [2.05, 4.69) is 4.99 Å². The molecule has 0 spiro atoms. The summed E-state index contributed by atoms with van der Waals surface area (Å²) >= 11 is 0. The number of nitrogens with zero attached hydrogens (tertiary/aromatic N) is 1. The van der Waals surface area contributed by atoms with E-state index in [0.717, 1.165) is 0 Å². The van der Waals surface area contributed by atoms with Crippen LogP contribution < -0.4 is 0 Å². The van der Waals surface area contributed by atoms with Crippen LogP contribution in [0.4, 0.5) is 4.39 Å². The zero-order valence-corrected chi connectivity index (χ0v) is 6.83. The third-order valence-electron chi connectivity index (χ3n) is 1.78. The van der Waals surface area contributed by atoms with Crippen LogP contribution in [0.3, 0.4) is 0 Å². The fraction of sp³-hybridized carbons (Fsp3) is 0.222. The first-order chi connectivity index (χ1) is 6.27. The zero-order chi connectivity index (χ0) is 9.26. The molecule has 1 aliphatic heterocycles. The van der Waals surface area contributed by atoms with E-state index < -0.39 is 5.82 Å². The maximum atomic E-state index is 12.7. The van der Waals surface area contributed by atoms with E-state index in [9.17, 15) is 4.39 Å². The summed E-state index contributed by atoms with van der Waals surface area (Å²) in [4.78, 5) is 4.04. The summed E-state index contributed by atoms with van der Waals surface area (Å²) in [5, 5.41) is 9.07. The van der Waals surface area contributed by atoms with Gasteiger partial charge in [-0.05, 0) is 18.2 Å². The molecule has 0 aromatic heterocycles. The van der Waals surface area contributed by atoms with Gasteiger partial charge in [0.2, 0.25) is 5.90 Å². The Labute approximate surface area is 74.5 Å². The van der Waals surface area contributed by atoms with Crippen molar-refractivity contribution in [2.24, 2.45) is 4.99 Å². The molecule has 1 aromatic rings. The monoisotopic (exact) mass is 181 g/mol. The van der Waals surface area contributed by atoms with Crippen LogP contribution in [0.5, 0.6) is 5.75 Å². The Hall–Kier alpha value is -1.58. The summed E-state index contributed by atoms with van der Waals surface area (Å²) in [7, 11) is 0. The molecule has 0 bridgehead atoms. The highest BCUT2D eigenvalue weighted by Crippen LogP contribution is 2.18. The number of halogens is 1. The summed E-state index contributed by atoms with van der Waals surface area (Å²) in [6, 6.07) is 4.02. The first-order valence-corrected chi connectivity index (χ1v) is 3.93. The maximum Gasteiger partial charge on any atom is 0.216 e. The lowest BCUT2D eigenvalue weighted by molar-refractivity contribution is 0.348. The molecular formula is C9H8FNO2. The number of aromatic hydroxyl groups is 1. The third kappa shape index (κ3) is 1.47. The molecule has 0 fully saturated rings. The van der Waals surface area contributed by atoms with Crippen LogP contribution in [-0.4, -0.2) is 24.2 Å². The van der Waals surface area contributed by atoms with Crippen molar-refractivity contribution in [3.8, 4) is 5.75 Å². The van der Waals surface area contributed by atoms with E-state index in [1.165, 1.54) is 18.2 Å². The van der Waals surface area contributed by atoms with Gasteiger partial charge in [-0.3, -0.25) is 0 Å². The lowest BCUT2D eigenvalue weighted by Gasteiger charge is -2.02. The highest BCUT2D eigenvalue weighted by molar-refractivity contribution is 5.95. The van der Waals surface area contributed by atoms with E-state index in [-0.39, 0.29) is 5.75 Å². The smallest absolute Gasteiger partial charge is 0.216 e. The molecule has 0 radical (unpaired) electrons. The third-order valence-corrected chi connectivity index (χ3v) is 1.78. The van der Waals surface area contributed by atoms with Crippen molar-refractivity contribution in [1.29, 1.82) is 0 Å². The molecule has 0 saturated heterocycles. The Morgan fingerprint density at radius 1 is 1.46 bits per heavy atom. The number of phenols is 1. The molecule has 0 amide bonds. The van der Waals surface area contributed by atoms with Crippen LogP contribution in [0.25, 0.3) is 0 Å². The number of hydrogen-bond donors (Lipinski definition) is 1. The minimum Gasteiger partial charge on any atom is -0.505 e. The van der Waals surface area contributed by atoms with Gasteiger partial charge in [0.15, 0.2) is 11.6 Å². The zero-order valence-electron chi connectivity index (χ0n) is 6.83. The average Bonchev–Trinajstić information content (AvgIpc) is 2.62. The molecule has 0 unspecified atom stereocenters. The fourth-order valence-electron chi connectivity index (χ4n) is 1.16. The Bertz CT molecular complexity index is 363. The molecule has 0 atom stereocenters. The second kappa shape index (κ2) is 3.05. The largest absolute Gasteiger partial charge is 0.505 e. The SMILES string of the molecule is Oc1cc(C2=NCCO2)ccc1F. The quantitative estimate of drug-likeness (QED) is 0.709. The van der Waals surface area contributed by atoms with Crippen LogP contribution in [0, 0.1) is 5.82 Å². The van der Waals surface area contributed by atoms with E-state index in [0.29, 0.717) is 24.6 Å². The lowest BCUT2D eigenvalue weighted by atomic mass is 10.2. The fourth-order valence-corrected chi connectivity index (χ4v) is 1.16. The Morgan fingerprint density at radius 3 is 2.92 bits per heavy atom. The molecule has 0 saturated carbocycles. The van der Waals surface area contributed by atoms with Crippen molar-refractivity contribution >= 4 is 5.90 Å². The summed E-state index contributed by atoms with van der Waals surface area (Å²) in [5.41, 5.74) is 0.608.